The second-order valence-corrected chi connectivity index (χ2v) is 3.86. The van der Waals surface area contributed by atoms with Gasteiger partial charge in [-0.3, -0.25) is 0 Å². The zero-order chi connectivity index (χ0) is 10.6. The topological polar surface area (TPSA) is 67.5 Å². The Morgan fingerprint density at radius 1 is 1.64 bits per heavy atom. The highest BCUT2D eigenvalue weighted by Gasteiger charge is 2.00. The maximum atomic E-state index is 10.3. The minimum atomic E-state index is -0.696. The van der Waals surface area contributed by atoms with Gasteiger partial charge in [-0.05, 0) is 28.7 Å². The van der Waals surface area contributed by atoms with Gasteiger partial charge in [0.2, 0.25) is 0 Å². The van der Waals surface area contributed by atoms with Gasteiger partial charge < -0.3 is 5.73 Å². The first-order valence-electron chi connectivity index (χ1n) is 3.64. The molecule has 74 valence electrons. The summed E-state index contributed by atoms with van der Waals surface area (Å²) in [5, 5.41) is 4.28. The van der Waals surface area contributed by atoms with E-state index in [1.807, 2.05) is 6.07 Å². The van der Waals surface area contributed by atoms with E-state index in [0.717, 1.165) is 9.13 Å². The molecule has 14 heavy (non-hydrogen) atoms. The zero-order valence-electron chi connectivity index (χ0n) is 7.00. The van der Waals surface area contributed by atoms with Gasteiger partial charge in [-0.15, -0.1) is 0 Å². The number of nitrogens with zero attached hydrogens (tertiary/aromatic N) is 1. The lowest BCUT2D eigenvalue weighted by Crippen LogP contribution is -2.24. The molecular formula is C8H7ClIN3O. The Labute approximate surface area is 99.6 Å². The van der Waals surface area contributed by atoms with Crippen molar-refractivity contribution in [2.45, 2.75) is 0 Å². The molecule has 0 atom stereocenters. The molecule has 0 saturated carbocycles. The van der Waals surface area contributed by atoms with Crippen LogP contribution in [0.5, 0.6) is 0 Å². The molecule has 1 aromatic rings. The molecule has 0 bridgehead atoms. The SMILES string of the molecule is NC(=O)NN=Cc1cccc(Cl)c1I. The Kier molecular flexibility index (Phi) is 4.15. The number of hydrazone groups is 1. The second kappa shape index (κ2) is 5.16. The summed E-state index contributed by atoms with van der Waals surface area (Å²) >= 11 is 7.97. The first-order chi connectivity index (χ1) is 6.61. The van der Waals surface area contributed by atoms with Gasteiger partial charge in [0.05, 0.1) is 11.2 Å². The standard InChI is InChI=1S/C8H7ClIN3O/c9-6-3-1-2-5(7(6)10)4-12-13-8(11)14/h1-4H,(H3,11,13,14). The third-order valence-electron chi connectivity index (χ3n) is 1.36. The third-order valence-corrected chi connectivity index (χ3v) is 3.20. The highest BCUT2D eigenvalue weighted by atomic mass is 127. The molecule has 0 saturated heterocycles. The molecule has 0 aromatic heterocycles. The van der Waals surface area contributed by atoms with E-state index in [2.05, 4.69) is 33.1 Å². The van der Waals surface area contributed by atoms with E-state index in [4.69, 9.17) is 17.3 Å². The Morgan fingerprint density at radius 3 is 3.00 bits per heavy atom. The molecule has 4 nitrogen and oxygen atoms in total. The van der Waals surface area contributed by atoms with Crippen molar-refractivity contribution in [3.8, 4) is 0 Å². The van der Waals surface area contributed by atoms with Crippen LogP contribution in [0.15, 0.2) is 23.3 Å². The van der Waals surface area contributed by atoms with E-state index in [9.17, 15) is 4.79 Å². The van der Waals surface area contributed by atoms with E-state index in [1.165, 1.54) is 6.21 Å². The van der Waals surface area contributed by atoms with Gasteiger partial charge in [0, 0.05) is 9.13 Å². The molecule has 0 fully saturated rings. The van der Waals surface area contributed by atoms with E-state index in [1.54, 1.807) is 12.1 Å². The number of amides is 2. The average Bonchev–Trinajstić information content (AvgIpc) is 2.12. The summed E-state index contributed by atoms with van der Waals surface area (Å²) in [4.78, 5) is 10.3. The number of nitrogens with one attached hydrogen (secondary N) is 1. The van der Waals surface area contributed by atoms with Gasteiger partial charge in [0.1, 0.15) is 0 Å². The van der Waals surface area contributed by atoms with Crippen molar-refractivity contribution in [3.63, 3.8) is 0 Å². The van der Waals surface area contributed by atoms with E-state index in [0.29, 0.717) is 5.02 Å². The molecule has 1 aromatic carbocycles. The lowest BCUT2D eigenvalue weighted by Gasteiger charge is -1.99. The molecule has 0 aliphatic heterocycles. The number of hydrogen-bond donors (Lipinski definition) is 2. The summed E-state index contributed by atoms with van der Waals surface area (Å²) in [5.41, 5.74) is 7.76. The van der Waals surface area contributed by atoms with Gasteiger partial charge in [0.15, 0.2) is 0 Å². The number of halogens is 2. The second-order valence-electron chi connectivity index (χ2n) is 2.38. The Bertz CT molecular complexity index is 381. The van der Waals surface area contributed by atoms with E-state index >= 15 is 0 Å². The molecule has 2 amide bonds. The predicted molar refractivity (Wildman–Crippen MR) is 64.5 cm³/mol. The molecule has 0 unspecified atom stereocenters. The van der Waals surface area contributed by atoms with Gasteiger partial charge in [-0.1, -0.05) is 23.7 Å². The summed E-state index contributed by atoms with van der Waals surface area (Å²) in [6.45, 7) is 0. The number of carbonyl (C=O) groups is 1. The Morgan fingerprint density at radius 2 is 2.36 bits per heavy atom. The van der Waals surface area contributed by atoms with Gasteiger partial charge in [-0.2, -0.15) is 5.10 Å². The molecule has 0 aliphatic carbocycles. The van der Waals surface area contributed by atoms with Crippen LogP contribution in [0, 0.1) is 3.57 Å². The zero-order valence-corrected chi connectivity index (χ0v) is 9.91. The number of urea groups is 1. The number of carbonyl (C=O) groups excluding carboxylic acids is 1. The van der Waals surface area contributed by atoms with Crippen LogP contribution >= 0.6 is 34.2 Å². The summed E-state index contributed by atoms with van der Waals surface area (Å²) < 4.78 is 0.877. The smallest absolute Gasteiger partial charge is 0.332 e. The lowest BCUT2D eigenvalue weighted by molar-refractivity contribution is 0.249. The predicted octanol–water partition coefficient (Wildman–Crippen LogP) is 1.95. The van der Waals surface area contributed by atoms with Crippen LogP contribution in [0.1, 0.15) is 5.56 Å². The normalized spacial score (nSPS) is 10.4. The van der Waals surface area contributed by atoms with Crippen molar-refractivity contribution in [2.24, 2.45) is 10.8 Å². The number of rotatable bonds is 2. The van der Waals surface area contributed by atoms with Gasteiger partial charge >= 0.3 is 6.03 Å². The largest absolute Gasteiger partial charge is 0.350 e. The van der Waals surface area contributed by atoms with E-state index < -0.39 is 6.03 Å². The van der Waals surface area contributed by atoms with E-state index in [-0.39, 0.29) is 0 Å². The first kappa shape index (κ1) is 11.3. The minimum Gasteiger partial charge on any atom is -0.350 e. The summed E-state index contributed by atoms with van der Waals surface area (Å²) in [5.74, 6) is 0. The quantitative estimate of drug-likeness (QED) is 0.487. The Hall–Kier alpha value is -0.820. The average molecular weight is 324 g/mol. The highest BCUT2D eigenvalue weighted by molar-refractivity contribution is 14.1. The van der Waals surface area contributed by atoms with Crippen molar-refractivity contribution in [3.05, 3.63) is 32.4 Å². The fourth-order valence-corrected chi connectivity index (χ4v) is 1.47. The first-order valence-corrected chi connectivity index (χ1v) is 5.09. The van der Waals surface area contributed by atoms with Crippen molar-refractivity contribution >= 4 is 46.4 Å². The summed E-state index contributed by atoms with van der Waals surface area (Å²) in [7, 11) is 0. The molecule has 0 heterocycles. The maximum absolute atomic E-state index is 10.3. The summed E-state index contributed by atoms with van der Waals surface area (Å²) in [6.07, 6.45) is 1.48. The highest BCUT2D eigenvalue weighted by Crippen LogP contribution is 2.20. The van der Waals surface area contributed by atoms with Crippen molar-refractivity contribution in [1.82, 2.24) is 5.43 Å². The van der Waals surface area contributed by atoms with Crippen LogP contribution in [-0.2, 0) is 0 Å². The number of nitrogens with two attached hydrogens (primary N) is 1. The fraction of sp³-hybridized carbons (Fsp3) is 0. The third kappa shape index (κ3) is 3.15. The monoisotopic (exact) mass is 323 g/mol. The van der Waals surface area contributed by atoms with Crippen LogP contribution in [0.2, 0.25) is 5.02 Å². The molecule has 0 spiro atoms. The number of hydrogen-bond acceptors (Lipinski definition) is 2. The number of benzene rings is 1. The molecule has 3 N–H and O–H groups in total. The number of primary amides is 1. The van der Waals surface area contributed by atoms with Crippen LogP contribution in [0.4, 0.5) is 4.79 Å². The maximum Gasteiger partial charge on any atom is 0.332 e. The van der Waals surface area contributed by atoms with Gasteiger partial charge in [-0.25, -0.2) is 10.2 Å². The Balaban J connectivity index is 2.81. The van der Waals surface area contributed by atoms with Crippen LogP contribution in [0.3, 0.4) is 0 Å². The molecule has 1 rings (SSSR count). The minimum absolute atomic E-state index is 0.647. The lowest BCUT2D eigenvalue weighted by atomic mass is 10.2. The van der Waals surface area contributed by atoms with Crippen LogP contribution in [-0.4, -0.2) is 12.2 Å². The molecule has 6 heteroatoms. The van der Waals surface area contributed by atoms with Crippen LogP contribution in [0.25, 0.3) is 0 Å². The van der Waals surface area contributed by atoms with Crippen molar-refractivity contribution in [1.29, 1.82) is 0 Å². The van der Waals surface area contributed by atoms with Crippen LogP contribution < -0.4 is 11.2 Å². The molecule has 0 aliphatic rings. The van der Waals surface area contributed by atoms with Crippen molar-refractivity contribution < 1.29 is 4.79 Å². The summed E-state index contributed by atoms with van der Waals surface area (Å²) in [6, 6.07) is 4.72. The molecular weight excluding hydrogens is 316 g/mol. The fourth-order valence-electron chi connectivity index (χ4n) is 0.786. The van der Waals surface area contributed by atoms with Gasteiger partial charge in [0.25, 0.3) is 0 Å². The molecule has 0 radical (unpaired) electrons. The van der Waals surface area contributed by atoms with Crippen molar-refractivity contribution in [2.75, 3.05) is 0 Å².